The number of ether oxygens (including phenoxy) is 6. The van der Waals surface area contributed by atoms with E-state index in [9.17, 15) is 0 Å². The van der Waals surface area contributed by atoms with Crippen LogP contribution in [0.3, 0.4) is 0 Å². The fourth-order valence-electron chi connectivity index (χ4n) is 2.53. The first-order valence-corrected chi connectivity index (χ1v) is 12.5. The van der Waals surface area contributed by atoms with E-state index in [1.807, 2.05) is 21.1 Å². The van der Waals surface area contributed by atoms with Crippen LogP contribution in [-0.4, -0.2) is 146 Å². The maximum Gasteiger partial charge on any atom is 0.112 e. The van der Waals surface area contributed by atoms with Crippen LogP contribution in [0.5, 0.6) is 0 Å². The zero-order valence-electron chi connectivity index (χ0n) is 21.8. The van der Waals surface area contributed by atoms with Crippen LogP contribution in [0.4, 0.5) is 0 Å². The molecule has 6 N–H and O–H groups in total. The Morgan fingerprint density at radius 2 is 0.588 bits per heavy atom. The van der Waals surface area contributed by atoms with Crippen LogP contribution in [0, 0.1) is 0 Å². The van der Waals surface area contributed by atoms with Gasteiger partial charge < -0.3 is 44.4 Å². The number of hydrogen-bond acceptors (Lipinski definition) is 12. The van der Waals surface area contributed by atoms with Gasteiger partial charge in [0.2, 0.25) is 0 Å². The van der Waals surface area contributed by atoms with Gasteiger partial charge in [-0.3, -0.25) is 16.0 Å². The Hall–Kier alpha value is -0.480. The van der Waals surface area contributed by atoms with Crippen molar-refractivity contribution in [3.8, 4) is 0 Å². The fraction of sp³-hybridized carbons (Fsp3) is 1.00. The van der Waals surface area contributed by atoms with Gasteiger partial charge in [-0.2, -0.15) is 0 Å². The monoisotopic (exact) mass is 496 g/mol. The second kappa shape index (κ2) is 30.6. The molecule has 0 aliphatic heterocycles. The molecule has 0 heterocycles. The summed E-state index contributed by atoms with van der Waals surface area (Å²) in [7, 11) is 5.72. The van der Waals surface area contributed by atoms with Crippen molar-refractivity contribution < 1.29 is 28.4 Å². The van der Waals surface area contributed by atoms with Crippen LogP contribution in [-0.2, 0) is 28.4 Å². The van der Waals surface area contributed by atoms with Crippen molar-refractivity contribution in [2.75, 3.05) is 140 Å². The normalized spacial score (nSPS) is 11.6. The van der Waals surface area contributed by atoms with Crippen molar-refractivity contribution in [2.45, 2.75) is 6.29 Å². The number of rotatable bonds is 30. The molecule has 12 heteroatoms. The zero-order valence-corrected chi connectivity index (χ0v) is 21.8. The van der Waals surface area contributed by atoms with Crippen molar-refractivity contribution in [2.24, 2.45) is 0 Å². The van der Waals surface area contributed by atoms with Crippen molar-refractivity contribution in [3.63, 3.8) is 0 Å². The van der Waals surface area contributed by atoms with E-state index in [1.165, 1.54) is 0 Å². The summed E-state index contributed by atoms with van der Waals surface area (Å²) in [5, 5.41) is 19.4. The van der Waals surface area contributed by atoms with Crippen LogP contribution >= 0.6 is 0 Å². The minimum atomic E-state index is -0.0681. The van der Waals surface area contributed by atoms with E-state index in [2.05, 4.69) is 31.9 Å². The van der Waals surface area contributed by atoms with Crippen LogP contribution in [0.25, 0.3) is 0 Å². The first-order valence-electron chi connectivity index (χ1n) is 12.5. The lowest BCUT2D eigenvalue weighted by atomic mass is 10.5. The number of likely N-dealkylation sites (N-methyl/N-ethyl adjacent to an activating group) is 3. The molecule has 0 unspecified atom stereocenters. The molecular weight excluding hydrogens is 444 g/mol. The summed E-state index contributed by atoms with van der Waals surface area (Å²) in [6, 6.07) is 0. The standard InChI is InChI=1S/C22H52N6O6/c1-23-4-10-29-16-19-32-13-7-26-22(27-8-14-33-20-17-30-11-5-24-2)28-9-15-34-21-18-31-12-6-25-3/h22-28H,4-21H2,1-3H3. The van der Waals surface area contributed by atoms with E-state index in [4.69, 9.17) is 28.4 Å². The van der Waals surface area contributed by atoms with E-state index in [-0.39, 0.29) is 6.29 Å². The Bertz CT molecular complexity index is 324. The Labute approximate surface area is 206 Å². The third kappa shape index (κ3) is 27.8. The van der Waals surface area contributed by atoms with Crippen molar-refractivity contribution in [1.82, 2.24) is 31.9 Å². The number of nitrogens with one attached hydrogen (secondary N) is 6. The predicted octanol–water partition coefficient (Wildman–Crippen LogP) is -2.20. The smallest absolute Gasteiger partial charge is 0.112 e. The molecule has 12 nitrogen and oxygen atoms in total. The molecule has 0 atom stereocenters. The van der Waals surface area contributed by atoms with Crippen LogP contribution in [0.1, 0.15) is 0 Å². The molecule has 206 valence electrons. The summed E-state index contributed by atoms with van der Waals surface area (Å²) >= 11 is 0. The van der Waals surface area contributed by atoms with Gasteiger partial charge in [-0.1, -0.05) is 0 Å². The molecule has 0 aromatic heterocycles. The minimum absolute atomic E-state index is 0.0681. The Morgan fingerprint density at radius 3 is 0.824 bits per heavy atom. The summed E-state index contributed by atoms with van der Waals surface area (Å²) in [4.78, 5) is 0. The first-order chi connectivity index (χ1) is 16.8. The van der Waals surface area contributed by atoms with Crippen LogP contribution in [0.2, 0.25) is 0 Å². The molecule has 0 aromatic rings. The molecule has 34 heavy (non-hydrogen) atoms. The molecule has 0 saturated heterocycles. The van der Waals surface area contributed by atoms with Crippen molar-refractivity contribution >= 4 is 0 Å². The van der Waals surface area contributed by atoms with Crippen LogP contribution < -0.4 is 31.9 Å². The van der Waals surface area contributed by atoms with Gasteiger partial charge in [0.15, 0.2) is 0 Å². The zero-order chi connectivity index (χ0) is 24.8. The Morgan fingerprint density at radius 1 is 0.353 bits per heavy atom. The van der Waals surface area contributed by atoms with E-state index in [0.29, 0.717) is 98.9 Å². The molecule has 0 radical (unpaired) electrons. The average molecular weight is 497 g/mol. The molecule has 0 saturated carbocycles. The first kappa shape index (κ1) is 33.5. The van der Waals surface area contributed by atoms with E-state index in [0.717, 1.165) is 19.6 Å². The van der Waals surface area contributed by atoms with Gasteiger partial charge in [0, 0.05) is 39.3 Å². The third-order valence-corrected chi connectivity index (χ3v) is 4.39. The molecule has 0 amide bonds. The molecular formula is C22H52N6O6. The second-order valence-electron chi connectivity index (χ2n) is 7.28. The van der Waals surface area contributed by atoms with Gasteiger partial charge in [-0.15, -0.1) is 0 Å². The maximum absolute atomic E-state index is 5.61. The molecule has 0 fully saturated rings. The highest BCUT2D eigenvalue weighted by Crippen LogP contribution is 1.83. The van der Waals surface area contributed by atoms with Gasteiger partial charge in [0.05, 0.1) is 79.3 Å². The van der Waals surface area contributed by atoms with Gasteiger partial charge in [0.25, 0.3) is 0 Å². The third-order valence-electron chi connectivity index (χ3n) is 4.39. The van der Waals surface area contributed by atoms with Gasteiger partial charge in [-0.05, 0) is 21.1 Å². The molecule has 0 aromatic carbocycles. The van der Waals surface area contributed by atoms with Crippen molar-refractivity contribution in [3.05, 3.63) is 0 Å². The average Bonchev–Trinajstić information content (AvgIpc) is 2.85. The summed E-state index contributed by atoms with van der Waals surface area (Å²) in [5.74, 6) is 0. The van der Waals surface area contributed by atoms with Gasteiger partial charge >= 0.3 is 0 Å². The van der Waals surface area contributed by atoms with E-state index >= 15 is 0 Å². The molecule has 0 spiro atoms. The lowest BCUT2D eigenvalue weighted by molar-refractivity contribution is 0.0432. The highest BCUT2D eigenvalue weighted by molar-refractivity contribution is 4.62. The fourth-order valence-corrected chi connectivity index (χ4v) is 2.53. The van der Waals surface area contributed by atoms with E-state index in [1.54, 1.807) is 0 Å². The minimum Gasteiger partial charge on any atom is -0.378 e. The molecule has 0 rings (SSSR count). The lowest BCUT2D eigenvalue weighted by Gasteiger charge is -2.22. The molecule has 0 bridgehead atoms. The summed E-state index contributed by atoms with van der Waals surface area (Å²) in [6.45, 7) is 12.2. The van der Waals surface area contributed by atoms with Gasteiger partial charge in [0.1, 0.15) is 6.29 Å². The largest absolute Gasteiger partial charge is 0.378 e. The topological polar surface area (TPSA) is 128 Å². The second-order valence-corrected chi connectivity index (χ2v) is 7.28. The highest BCUT2D eigenvalue weighted by Gasteiger charge is 2.06. The maximum atomic E-state index is 5.61. The summed E-state index contributed by atoms with van der Waals surface area (Å²) in [6.07, 6.45) is -0.0681. The molecule has 0 aliphatic carbocycles. The Balaban J connectivity index is 3.85. The quantitative estimate of drug-likeness (QED) is 0.0477. The number of hydrogen-bond donors (Lipinski definition) is 6. The lowest BCUT2D eigenvalue weighted by Crippen LogP contribution is -2.55. The highest BCUT2D eigenvalue weighted by atomic mass is 16.5. The van der Waals surface area contributed by atoms with E-state index < -0.39 is 0 Å². The summed E-state index contributed by atoms with van der Waals surface area (Å²) in [5.41, 5.74) is 0. The SMILES string of the molecule is CNCCOCCOCCNC(NCCOCCOCCNC)NCCOCCOCCNC. The van der Waals surface area contributed by atoms with Crippen molar-refractivity contribution in [1.29, 1.82) is 0 Å². The van der Waals surface area contributed by atoms with Crippen LogP contribution in [0.15, 0.2) is 0 Å². The van der Waals surface area contributed by atoms with Gasteiger partial charge in [-0.25, -0.2) is 0 Å². The summed E-state index contributed by atoms with van der Waals surface area (Å²) < 4.78 is 33.2. The Kier molecular flexibility index (Phi) is 30.1. The predicted molar refractivity (Wildman–Crippen MR) is 134 cm³/mol. The molecule has 0 aliphatic rings.